The van der Waals surface area contributed by atoms with Gasteiger partial charge in [-0.05, 0) is 31.5 Å². The van der Waals surface area contributed by atoms with Crippen LogP contribution < -0.4 is 5.32 Å². The van der Waals surface area contributed by atoms with Crippen molar-refractivity contribution in [3.8, 4) is 0 Å². The highest BCUT2D eigenvalue weighted by Crippen LogP contribution is 2.40. The number of alkyl halides is 2. The quantitative estimate of drug-likeness (QED) is 0.400. The molecule has 2 atom stereocenters. The third-order valence-electron chi connectivity index (χ3n) is 5.99. The third kappa shape index (κ3) is 5.20. The maximum Gasteiger partial charge on any atom is 0.338 e. The molecule has 0 spiro atoms. The van der Waals surface area contributed by atoms with Gasteiger partial charge in [-0.2, -0.15) is 0 Å². The highest BCUT2D eigenvalue weighted by atomic mass is 32.1. The van der Waals surface area contributed by atoms with E-state index >= 15 is 0 Å². The number of thiazole rings is 1. The number of aromatic nitrogens is 1. The van der Waals surface area contributed by atoms with Gasteiger partial charge in [0.1, 0.15) is 30.4 Å². The molecule has 0 aliphatic carbocycles. The van der Waals surface area contributed by atoms with Gasteiger partial charge in [0, 0.05) is 30.4 Å². The fourth-order valence-corrected chi connectivity index (χ4v) is 4.96. The molecule has 1 unspecified atom stereocenters. The van der Waals surface area contributed by atoms with E-state index in [1.807, 2.05) is 0 Å². The first-order chi connectivity index (χ1) is 17.2. The van der Waals surface area contributed by atoms with E-state index in [-0.39, 0.29) is 25.3 Å². The summed E-state index contributed by atoms with van der Waals surface area (Å²) in [4.78, 5) is 34.4. The van der Waals surface area contributed by atoms with Gasteiger partial charge < -0.3 is 19.6 Å². The molecule has 36 heavy (non-hydrogen) atoms. The Kier molecular flexibility index (Phi) is 7.57. The maximum absolute atomic E-state index is 14.6. The number of rotatable bonds is 9. The number of nitrogens with zero attached hydrogens (tertiary/aromatic N) is 3. The van der Waals surface area contributed by atoms with Crippen LogP contribution in [0.4, 0.5) is 13.2 Å². The molecule has 12 heteroatoms. The standard InChI is InChI=1S/C24H25F3N4O4S/c1-3-34-22(33)19-17(12-31-13-18(35-10-9-32)24(26,27)14-31)29-20(21-28-8-11-36-21)30-23(19,2)15-4-6-16(25)7-5-15/h4-9,11,18H,3,10,12-14H2,1-2H3,(H,29,30)/t18?,23-/m1/s1. The molecule has 0 saturated carbocycles. The zero-order valence-corrected chi connectivity index (χ0v) is 20.5. The van der Waals surface area contributed by atoms with Gasteiger partial charge >= 0.3 is 5.97 Å². The average molecular weight is 523 g/mol. The Morgan fingerprint density at radius 1 is 1.33 bits per heavy atom. The van der Waals surface area contributed by atoms with Crippen molar-refractivity contribution in [2.75, 3.05) is 32.8 Å². The van der Waals surface area contributed by atoms with Gasteiger partial charge in [0.15, 0.2) is 10.8 Å². The molecule has 0 radical (unpaired) electrons. The summed E-state index contributed by atoms with van der Waals surface area (Å²) < 4.78 is 53.3. The minimum Gasteiger partial charge on any atom is -0.463 e. The molecule has 8 nitrogen and oxygen atoms in total. The topological polar surface area (TPSA) is 93.1 Å². The van der Waals surface area contributed by atoms with Crippen molar-refractivity contribution in [1.29, 1.82) is 0 Å². The molecular weight excluding hydrogens is 497 g/mol. The number of ether oxygens (including phenoxy) is 2. The number of benzene rings is 1. The Labute approximate surface area is 209 Å². The van der Waals surface area contributed by atoms with E-state index in [0.717, 1.165) is 0 Å². The Balaban J connectivity index is 1.78. The lowest BCUT2D eigenvalue weighted by atomic mass is 9.82. The number of carbonyl (C=O) groups is 2. The van der Waals surface area contributed by atoms with E-state index in [2.05, 4.69) is 10.3 Å². The number of carbonyl (C=O) groups excluding carboxylic acids is 2. The van der Waals surface area contributed by atoms with E-state index in [0.29, 0.717) is 28.4 Å². The van der Waals surface area contributed by atoms with Gasteiger partial charge in [-0.25, -0.2) is 27.9 Å². The minimum atomic E-state index is -3.19. The molecule has 1 N–H and O–H groups in total. The summed E-state index contributed by atoms with van der Waals surface area (Å²) in [5, 5.41) is 5.40. The van der Waals surface area contributed by atoms with Gasteiger partial charge in [0.2, 0.25) is 0 Å². The first kappa shape index (κ1) is 26.0. The number of hydrogen-bond acceptors (Lipinski definition) is 9. The zero-order valence-electron chi connectivity index (χ0n) is 19.7. The molecule has 1 fully saturated rings. The van der Waals surface area contributed by atoms with Gasteiger partial charge in [0.25, 0.3) is 5.92 Å². The predicted molar refractivity (Wildman–Crippen MR) is 126 cm³/mol. The van der Waals surface area contributed by atoms with Crippen molar-refractivity contribution in [2.24, 2.45) is 4.99 Å². The smallest absolute Gasteiger partial charge is 0.338 e. The molecule has 2 aromatic rings. The van der Waals surface area contributed by atoms with Crippen LogP contribution in [0.1, 0.15) is 24.4 Å². The van der Waals surface area contributed by atoms with Crippen LogP contribution >= 0.6 is 11.3 Å². The van der Waals surface area contributed by atoms with Gasteiger partial charge in [-0.1, -0.05) is 12.1 Å². The number of aliphatic imine (C=N–C) groups is 1. The van der Waals surface area contributed by atoms with E-state index in [4.69, 9.17) is 14.5 Å². The van der Waals surface area contributed by atoms with Crippen molar-refractivity contribution in [3.63, 3.8) is 0 Å². The number of likely N-dealkylation sites (tertiary alicyclic amines) is 1. The molecule has 1 aromatic carbocycles. The lowest BCUT2D eigenvalue weighted by molar-refractivity contribution is -0.139. The normalized spacial score (nSPS) is 23.8. The van der Waals surface area contributed by atoms with Gasteiger partial charge in [0.05, 0.1) is 18.7 Å². The number of aldehydes is 1. The highest BCUT2D eigenvalue weighted by molar-refractivity contribution is 7.11. The summed E-state index contributed by atoms with van der Waals surface area (Å²) in [5.74, 6) is -3.97. The average Bonchev–Trinajstić information content (AvgIpc) is 3.45. The van der Waals surface area contributed by atoms with Crippen LogP contribution in [0.15, 0.2) is 52.1 Å². The summed E-state index contributed by atoms with van der Waals surface area (Å²) in [7, 11) is 0. The second kappa shape index (κ2) is 10.5. The van der Waals surface area contributed by atoms with Crippen LogP contribution in [-0.2, 0) is 24.6 Å². The summed E-state index contributed by atoms with van der Waals surface area (Å²) in [5.41, 5.74) is -0.375. The predicted octanol–water partition coefficient (Wildman–Crippen LogP) is 2.90. The molecule has 1 saturated heterocycles. The first-order valence-electron chi connectivity index (χ1n) is 11.3. The molecule has 3 heterocycles. The second-order valence-corrected chi connectivity index (χ2v) is 9.39. The summed E-state index contributed by atoms with van der Waals surface area (Å²) in [6, 6.07) is 5.57. The maximum atomic E-state index is 14.6. The van der Waals surface area contributed by atoms with Crippen molar-refractivity contribution >= 4 is 29.4 Å². The van der Waals surface area contributed by atoms with Crippen LogP contribution in [0, 0.1) is 5.82 Å². The van der Waals surface area contributed by atoms with Crippen LogP contribution in [0.5, 0.6) is 0 Å². The van der Waals surface area contributed by atoms with Crippen LogP contribution in [-0.4, -0.2) is 72.8 Å². The molecule has 2 aliphatic rings. The first-order valence-corrected chi connectivity index (χ1v) is 12.1. The van der Waals surface area contributed by atoms with Crippen molar-refractivity contribution in [1.82, 2.24) is 15.2 Å². The van der Waals surface area contributed by atoms with Gasteiger partial charge in [-0.15, -0.1) is 11.3 Å². The lowest BCUT2D eigenvalue weighted by Crippen LogP contribution is -2.45. The number of nitrogens with one attached hydrogen (secondary N) is 1. The zero-order chi connectivity index (χ0) is 25.9. The van der Waals surface area contributed by atoms with E-state index in [9.17, 15) is 22.8 Å². The lowest BCUT2D eigenvalue weighted by Gasteiger charge is -2.36. The third-order valence-corrected chi connectivity index (χ3v) is 6.77. The number of amidine groups is 1. The molecular formula is C24H25F3N4O4S. The SMILES string of the molecule is CCOC(=O)C1=C(CN2CC(OCC=O)C(F)(F)C2)NC(c2nccs2)=N[C@]1(C)c1ccc(F)cc1. The van der Waals surface area contributed by atoms with Crippen LogP contribution in [0.3, 0.4) is 0 Å². The second-order valence-electron chi connectivity index (χ2n) is 8.50. The Bertz CT molecular complexity index is 1170. The Morgan fingerprint density at radius 2 is 2.08 bits per heavy atom. The molecule has 1 aromatic heterocycles. The Morgan fingerprint density at radius 3 is 2.72 bits per heavy atom. The fraction of sp³-hybridized carbons (Fsp3) is 0.417. The summed E-state index contributed by atoms with van der Waals surface area (Å²) in [6.07, 6.45) is 0.557. The minimum absolute atomic E-state index is 0.0775. The van der Waals surface area contributed by atoms with Crippen LogP contribution in [0.25, 0.3) is 0 Å². The molecule has 0 amide bonds. The van der Waals surface area contributed by atoms with E-state index in [1.165, 1.54) is 40.5 Å². The number of hydrogen-bond donors (Lipinski definition) is 1. The highest BCUT2D eigenvalue weighted by Gasteiger charge is 2.50. The summed E-state index contributed by atoms with van der Waals surface area (Å²) >= 11 is 1.31. The Hall–Kier alpha value is -3.09. The van der Waals surface area contributed by atoms with Crippen molar-refractivity contribution < 1.29 is 32.2 Å². The summed E-state index contributed by atoms with van der Waals surface area (Å²) in [6.45, 7) is 2.13. The van der Waals surface area contributed by atoms with Crippen LogP contribution in [0.2, 0.25) is 0 Å². The van der Waals surface area contributed by atoms with Crippen molar-refractivity contribution in [3.05, 3.63) is 63.5 Å². The van der Waals surface area contributed by atoms with E-state index < -0.39 is 42.5 Å². The fourth-order valence-electron chi connectivity index (χ4n) is 4.38. The largest absolute Gasteiger partial charge is 0.463 e. The van der Waals surface area contributed by atoms with E-state index in [1.54, 1.807) is 25.4 Å². The number of esters is 1. The van der Waals surface area contributed by atoms with Crippen molar-refractivity contribution in [2.45, 2.75) is 31.4 Å². The molecule has 0 bridgehead atoms. The molecule has 2 aliphatic heterocycles. The van der Waals surface area contributed by atoms with Gasteiger partial charge in [-0.3, -0.25) is 4.90 Å². The number of halogens is 3. The molecule has 192 valence electrons. The molecule has 4 rings (SSSR count). The monoisotopic (exact) mass is 522 g/mol.